The van der Waals surface area contributed by atoms with E-state index in [-0.39, 0.29) is 0 Å². The minimum atomic E-state index is 0.828. The third-order valence-electron chi connectivity index (χ3n) is 2.66. The number of nitrogens with two attached hydrogens (primary N) is 1. The van der Waals surface area contributed by atoms with Gasteiger partial charge in [-0.25, -0.2) is 0 Å². The average Bonchev–Trinajstić information content (AvgIpc) is 2.34. The minimum absolute atomic E-state index is 0.828. The first kappa shape index (κ1) is 11.9. The zero-order valence-electron chi connectivity index (χ0n) is 10.0. The summed E-state index contributed by atoms with van der Waals surface area (Å²) in [4.78, 5) is 1.24. The van der Waals surface area contributed by atoms with E-state index in [9.17, 15) is 0 Å². The molecule has 0 saturated heterocycles. The Bertz CT molecular complexity index is 523. The molecule has 0 aliphatic carbocycles. The second kappa shape index (κ2) is 5.15. The summed E-state index contributed by atoms with van der Waals surface area (Å²) in [5.74, 6) is 0. The van der Waals surface area contributed by atoms with E-state index >= 15 is 0 Å². The third-order valence-corrected chi connectivity index (χ3v) is 3.45. The van der Waals surface area contributed by atoms with Crippen molar-refractivity contribution in [2.45, 2.75) is 11.8 Å². The highest BCUT2D eigenvalue weighted by atomic mass is 32.2. The summed E-state index contributed by atoms with van der Waals surface area (Å²) in [6.45, 7) is 2.01. The molecule has 0 unspecified atom stereocenters. The summed E-state index contributed by atoms with van der Waals surface area (Å²) in [6.07, 6.45) is 2.08. The molecule has 2 aromatic carbocycles. The van der Waals surface area contributed by atoms with Gasteiger partial charge in [-0.15, -0.1) is 11.8 Å². The smallest absolute Gasteiger partial charge is 0.0522 e. The number of anilines is 3. The number of thioether (sulfide) groups is 1. The maximum atomic E-state index is 5.81. The van der Waals surface area contributed by atoms with Crippen LogP contribution < -0.4 is 11.1 Å². The Balaban J connectivity index is 2.28. The van der Waals surface area contributed by atoms with E-state index in [1.165, 1.54) is 4.90 Å². The highest BCUT2D eigenvalue weighted by Gasteiger charge is 2.01. The van der Waals surface area contributed by atoms with Gasteiger partial charge in [-0.05, 0) is 49.1 Å². The molecule has 0 bridgehead atoms. The van der Waals surface area contributed by atoms with Crippen LogP contribution in [0.4, 0.5) is 17.1 Å². The van der Waals surface area contributed by atoms with Crippen LogP contribution in [0, 0.1) is 6.92 Å². The highest BCUT2D eigenvalue weighted by Crippen LogP contribution is 2.28. The largest absolute Gasteiger partial charge is 0.399 e. The molecule has 0 radical (unpaired) electrons. The van der Waals surface area contributed by atoms with Crippen LogP contribution in [0.15, 0.2) is 47.4 Å². The second-order valence-corrected chi connectivity index (χ2v) is 4.74. The van der Waals surface area contributed by atoms with Crippen LogP contribution in [0.3, 0.4) is 0 Å². The normalized spacial score (nSPS) is 10.2. The van der Waals surface area contributed by atoms with E-state index in [1.807, 2.05) is 31.2 Å². The van der Waals surface area contributed by atoms with Crippen molar-refractivity contribution >= 4 is 28.8 Å². The summed E-state index contributed by atoms with van der Waals surface area (Å²) in [5, 5.41) is 3.42. The number of rotatable bonds is 3. The maximum Gasteiger partial charge on any atom is 0.0522 e. The molecule has 0 saturated carbocycles. The number of benzene rings is 2. The molecule has 0 aliphatic heterocycles. The summed E-state index contributed by atoms with van der Waals surface area (Å²) in [5.41, 5.74) is 9.92. The van der Waals surface area contributed by atoms with E-state index in [0.717, 1.165) is 22.6 Å². The highest BCUT2D eigenvalue weighted by molar-refractivity contribution is 7.98. The number of aryl methyl sites for hydroxylation is 1. The van der Waals surface area contributed by atoms with Gasteiger partial charge < -0.3 is 11.1 Å². The van der Waals surface area contributed by atoms with Gasteiger partial charge in [0.25, 0.3) is 0 Å². The summed E-state index contributed by atoms with van der Waals surface area (Å²) < 4.78 is 0. The molecule has 3 heteroatoms. The summed E-state index contributed by atoms with van der Waals surface area (Å²) >= 11 is 1.73. The van der Waals surface area contributed by atoms with Gasteiger partial charge in [-0.1, -0.05) is 12.1 Å². The fraction of sp³-hybridized carbons (Fsp3) is 0.143. The number of hydrogen-bond donors (Lipinski definition) is 2. The van der Waals surface area contributed by atoms with E-state index in [0.29, 0.717) is 0 Å². The molecule has 2 rings (SSSR count). The Kier molecular flexibility index (Phi) is 3.59. The fourth-order valence-electron chi connectivity index (χ4n) is 1.66. The fourth-order valence-corrected chi connectivity index (χ4v) is 2.21. The van der Waals surface area contributed by atoms with Crippen molar-refractivity contribution in [1.82, 2.24) is 0 Å². The van der Waals surface area contributed by atoms with Gasteiger partial charge in [0.2, 0.25) is 0 Å². The lowest BCUT2D eigenvalue weighted by Gasteiger charge is -2.11. The first-order valence-corrected chi connectivity index (χ1v) is 6.69. The Hall–Kier alpha value is -1.61. The molecule has 2 aromatic rings. The van der Waals surface area contributed by atoms with Crippen LogP contribution in [-0.4, -0.2) is 6.26 Å². The predicted molar refractivity (Wildman–Crippen MR) is 77.1 cm³/mol. The zero-order chi connectivity index (χ0) is 12.3. The van der Waals surface area contributed by atoms with Gasteiger partial charge >= 0.3 is 0 Å². The van der Waals surface area contributed by atoms with Gasteiger partial charge in [0.1, 0.15) is 0 Å². The van der Waals surface area contributed by atoms with E-state index in [4.69, 9.17) is 5.73 Å². The van der Waals surface area contributed by atoms with Crippen LogP contribution in [0.25, 0.3) is 0 Å². The van der Waals surface area contributed by atoms with Crippen molar-refractivity contribution < 1.29 is 0 Å². The molecular formula is C14H16N2S. The van der Waals surface area contributed by atoms with Gasteiger partial charge in [-0.2, -0.15) is 0 Å². The van der Waals surface area contributed by atoms with Gasteiger partial charge in [0.15, 0.2) is 0 Å². The van der Waals surface area contributed by atoms with Crippen molar-refractivity contribution in [3.63, 3.8) is 0 Å². The number of nitrogen functional groups attached to an aromatic ring is 1. The van der Waals surface area contributed by atoms with E-state index in [1.54, 1.807) is 11.8 Å². The number of nitrogens with one attached hydrogen (secondary N) is 1. The lowest BCUT2D eigenvalue weighted by molar-refractivity contribution is 1.40. The summed E-state index contributed by atoms with van der Waals surface area (Å²) in [7, 11) is 0. The Morgan fingerprint density at radius 3 is 2.59 bits per heavy atom. The third kappa shape index (κ3) is 2.74. The molecule has 0 atom stereocenters. The molecule has 88 valence electrons. The first-order chi connectivity index (χ1) is 8.20. The number of hydrogen-bond acceptors (Lipinski definition) is 3. The van der Waals surface area contributed by atoms with Crippen molar-refractivity contribution in [1.29, 1.82) is 0 Å². The molecule has 17 heavy (non-hydrogen) atoms. The Labute approximate surface area is 106 Å². The second-order valence-electron chi connectivity index (χ2n) is 3.90. The lowest BCUT2D eigenvalue weighted by Crippen LogP contribution is -1.95. The van der Waals surface area contributed by atoms with Gasteiger partial charge in [0, 0.05) is 16.3 Å². The monoisotopic (exact) mass is 244 g/mol. The molecule has 3 N–H and O–H groups in total. The van der Waals surface area contributed by atoms with Crippen molar-refractivity contribution in [3.8, 4) is 0 Å². The van der Waals surface area contributed by atoms with Crippen LogP contribution in [0.5, 0.6) is 0 Å². The molecular weight excluding hydrogens is 228 g/mol. The maximum absolute atomic E-state index is 5.81. The molecule has 0 aliphatic rings. The van der Waals surface area contributed by atoms with Crippen LogP contribution in [0.2, 0.25) is 0 Å². The topological polar surface area (TPSA) is 38.0 Å². The van der Waals surface area contributed by atoms with E-state index in [2.05, 4.69) is 29.8 Å². The molecule has 2 nitrogen and oxygen atoms in total. The quantitative estimate of drug-likeness (QED) is 0.632. The summed E-state index contributed by atoms with van der Waals surface area (Å²) in [6, 6.07) is 14.3. The van der Waals surface area contributed by atoms with Crippen LogP contribution >= 0.6 is 11.8 Å². The predicted octanol–water partition coefficient (Wildman–Crippen LogP) is 4.04. The SMILES string of the molecule is CSc1ccccc1Nc1ccc(N)c(C)c1. The van der Waals surface area contributed by atoms with Crippen LogP contribution in [0.1, 0.15) is 5.56 Å². The number of para-hydroxylation sites is 1. The molecule has 0 spiro atoms. The van der Waals surface area contributed by atoms with Crippen molar-refractivity contribution in [3.05, 3.63) is 48.0 Å². The van der Waals surface area contributed by atoms with Crippen molar-refractivity contribution in [2.75, 3.05) is 17.3 Å². The molecule has 0 aromatic heterocycles. The van der Waals surface area contributed by atoms with Gasteiger partial charge in [-0.3, -0.25) is 0 Å². The lowest BCUT2D eigenvalue weighted by atomic mass is 10.2. The van der Waals surface area contributed by atoms with Crippen LogP contribution in [-0.2, 0) is 0 Å². The first-order valence-electron chi connectivity index (χ1n) is 5.47. The average molecular weight is 244 g/mol. The molecule has 0 amide bonds. The Morgan fingerprint density at radius 1 is 1.12 bits per heavy atom. The van der Waals surface area contributed by atoms with Crippen molar-refractivity contribution in [2.24, 2.45) is 0 Å². The zero-order valence-corrected chi connectivity index (χ0v) is 10.8. The van der Waals surface area contributed by atoms with Gasteiger partial charge in [0.05, 0.1) is 5.69 Å². The Morgan fingerprint density at radius 2 is 1.88 bits per heavy atom. The molecule has 0 heterocycles. The van der Waals surface area contributed by atoms with E-state index < -0.39 is 0 Å². The standard InChI is InChI=1S/C14H16N2S/c1-10-9-11(7-8-12(10)15)16-13-5-3-4-6-14(13)17-2/h3-9,16H,15H2,1-2H3. The minimum Gasteiger partial charge on any atom is -0.399 e. The molecule has 0 fully saturated rings.